The molecule has 2 nitrogen and oxygen atoms in total. The highest BCUT2D eigenvalue weighted by Crippen LogP contribution is 2.32. The van der Waals surface area contributed by atoms with Gasteiger partial charge in [0.15, 0.2) is 0 Å². The second-order valence-corrected chi connectivity index (χ2v) is 6.68. The van der Waals surface area contributed by atoms with Crippen molar-refractivity contribution in [1.29, 1.82) is 5.26 Å². The summed E-state index contributed by atoms with van der Waals surface area (Å²) in [5.74, 6) is 0. The lowest BCUT2D eigenvalue weighted by molar-refractivity contribution is 0.464. The van der Waals surface area contributed by atoms with Crippen LogP contribution in [0.1, 0.15) is 25.6 Å². The Kier molecular flexibility index (Phi) is 4.32. The minimum atomic E-state index is -0.0901. The molecular formula is C11H15BrN2S. The van der Waals surface area contributed by atoms with E-state index in [-0.39, 0.29) is 11.5 Å². The predicted molar refractivity (Wildman–Crippen MR) is 68.1 cm³/mol. The average Bonchev–Trinajstić information content (AvgIpc) is 2.62. The molecule has 0 spiro atoms. The molecule has 4 heteroatoms. The van der Waals surface area contributed by atoms with Gasteiger partial charge in [-0.2, -0.15) is 5.26 Å². The minimum Gasteiger partial charge on any atom is -0.301 e. The number of rotatable bonds is 4. The molecule has 0 aromatic carbocycles. The third-order valence-corrected chi connectivity index (χ3v) is 4.27. The molecule has 0 aliphatic rings. The molecule has 15 heavy (non-hydrogen) atoms. The van der Waals surface area contributed by atoms with E-state index in [1.54, 1.807) is 11.3 Å². The highest BCUT2D eigenvalue weighted by Gasteiger charge is 2.22. The zero-order chi connectivity index (χ0) is 11.5. The van der Waals surface area contributed by atoms with E-state index in [9.17, 15) is 0 Å². The first-order valence-corrected chi connectivity index (χ1v) is 6.45. The van der Waals surface area contributed by atoms with Gasteiger partial charge in [0.25, 0.3) is 0 Å². The van der Waals surface area contributed by atoms with E-state index in [0.717, 1.165) is 10.3 Å². The summed E-state index contributed by atoms with van der Waals surface area (Å²) in [5.41, 5.74) is 0.0712. The molecule has 0 fully saturated rings. The second kappa shape index (κ2) is 5.11. The summed E-state index contributed by atoms with van der Waals surface area (Å²) in [6, 6.07) is 6.28. The van der Waals surface area contributed by atoms with Crippen molar-refractivity contribution in [1.82, 2.24) is 5.32 Å². The van der Waals surface area contributed by atoms with Crippen LogP contribution in [0.25, 0.3) is 0 Å². The van der Waals surface area contributed by atoms with Gasteiger partial charge >= 0.3 is 0 Å². The van der Waals surface area contributed by atoms with Gasteiger partial charge in [0, 0.05) is 16.8 Å². The first-order valence-electron chi connectivity index (χ1n) is 4.84. The Balaban J connectivity index is 2.64. The van der Waals surface area contributed by atoms with Gasteiger partial charge in [-0.3, -0.25) is 0 Å². The monoisotopic (exact) mass is 286 g/mol. The number of halogens is 1. The minimum absolute atomic E-state index is 0.0712. The number of hydrogen-bond donors (Lipinski definition) is 1. The molecule has 1 rings (SSSR count). The third-order valence-electron chi connectivity index (χ3n) is 2.28. The van der Waals surface area contributed by atoms with E-state index >= 15 is 0 Å². The highest BCUT2D eigenvalue weighted by atomic mass is 79.9. The zero-order valence-corrected chi connectivity index (χ0v) is 11.6. The lowest BCUT2D eigenvalue weighted by Gasteiger charge is -2.24. The molecular weight excluding hydrogens is 272 g/mol. The standard InChI is InChI=1S/C11H15BrN2S/c1-8(6-13)14-7-11(2,3)9-4-5-10(12)15-9/h4-5,8,14H,7H2,1-3H3. The third kappa shape index (κ3) is 3.60. The Morgan fingerprint density at radius 1 is 1.60 bits per heavy atom. The molecule has 0 saturated carbocycles. The van der Waals surface area contributed by atoms with Gasteiger partial charge in [-0.1, -0.05) is 13.8 Å². The Bertz CT molecular complexity index is 365. The van der Waals surface area contributed by atoms with Crippen LogP contribution >= 0.6 is 27.3 Å². The summed E-state index contributed by atoms with van der Waals surface area (Å²) in [7, 11) is 0. The normalized spacial score (nSPS) is 13.5. The smallest absolute Gasteiger partial charge is 0.0924 e. The Labute approximate surface area is 103 Å². The molecule has 1 heterocycles. The first kappa shape index (κ1) is 12.7. The van der Waals surface area contributed by atoms with E-state index in [4.69, 9.17) is 5.26 Å². The fraction of sp³-hybridized carbons (Fsp3) is 0.545. The molecule has 0 amide bonds. The summed E-state index contributed by atoms with van der Waals surface area (Å²) in [4.78, 5) is 1.33. The van der Waals surface area contributed by atoms with E-state index in [1.165, 1.54) is 4.88 Å². The zero-order valence-electron chi connectivity index (χ0n) is 9.17. The van der Waals surface area contributed by atoms with Gasteiger partial charge in [-0.05, 0) is 35.0 Å². The Morgan fingerprint density at radius 2 is 2.27 bits per heavy atom. The first-order chi connectivity index (χ1) is 6.95. The van der Waals surface area contributed by atoms with Gasteiger partial charge in [0.1, 0.15) is 0 Å². The maximum absolute atomic E-state index is 8.69. The highest BCUT2D eigenvalue weighted by molar-refractivity contribution is 9.11. The van der Waals surface area contributed by atoms with Crippen LogP contribution in [-0.2, 0) is 5.41 Å². The summed E-state index contributed by atoms with van der Waals surface area (Å²) in [6.07, 6.45) is 0. The SMILES string of the molecule is CC(C#N)NCC(C)(C)c1ccc(Br)s1. The molecule has 1 unspecified atom stereocenters. The molecule has 82 valence electrons. The van der Waals surface area contributed by atoms with Crippen molar-refractivity contribution in [3.8, 4) is 6.07 Å². The molecule has 1 N–H and O–H groups in total. The average molecular weight is 287 g/mol. The van der Waals surface area contributed by atoms with Gasteiger partial charge in [-0.25, -0.2) is 0 Å². The number of thiophene rings is 1. The Hall–Kier alpha value is -0.370. The summed E-state index contributed by atoms with van der Waals surface area (Å²) in [6.45, 7) is 7.06. The molecule has 0 bridgehead atoms. The van der Waals surface area contributed by atoms with Crippen LogP contribution in [0.3, 0.4) is 0 Å². The van der Waals surface area contributed by atoms with Crippen molar-refractivity contribution >= 4 is 27.3 Å². The Morgan fingerprint density at radius 3 is 2.73 bits per heavy atom. The van der Waals surface area contributed by atoms with Crippen LogP contribution in [0, 0.1) is 11.3 Å². The van der Waals surface area contributed by atoms with Gasteiger partial charge in [-0.15, -0.1) is 11.3 Å². The molecule has 0 aliphatic carbocycles. The lowest BCUT2D eigenvalue weighted by atomic mass is 9.91. The van der Waals surface area contributed by atoms with Crippen molar-refractivity contribution in [3.63, 3.8) is 0 Å². The topological polar surface area (TPSA) is 35.8 Å². The molecule has 1 aromatic rings. The van der Waals surface area contributed by atoms with Crippen LogP contribution in [0.2, 0.25) is 0 Å². The number of nitriles is 1. The van der Waals surface area contributed by atoms with Gasteiger partial charge < -0.3 is 5.32 Å². The van der Waals surface area contributed by atoms with Gasteiger partial charge in [0.05, 0.1) is 15.9 Å². The molecule has 0 saturated heterocycles. The largest absolute Gasteiger partial charge is 0.301 e. The quantitative estimate of drug-likeness (QED) is 0.922. The van der Waals surface area contributed by atoms with Crippen LogP contribution in [0.4, 0.5) is 0 Å². The number of hydrogen-bond acceptors (Lipinski definition) is 3. The van der Waals surface area contributed by atoms with E-state index in [0.29, 0.717) is 0 Å². The van der Waals surface area contributed by atoms with Crippen LogP contribution < -0.4 is 5.32 Å². The van der Waals surface area contributed by atoms with Crippen LogP contribution in [0.5, 0.6) is 0 Å². The maximum Gasteiger partial charge on any atom is 0.0924 e. The summed E-state index contributed by atoms with van der Waals surface area (Å²) < 4.78 is 1.15. The fourth-order valence-electron chi connectivity index (χ4n) is 1.22. The fourth-order valence-corrected chi connectivity index (χ4v) is 2.71. The van der Waals surface area contributed by atoms with E-state index in [1.807, 2.05) is 6.92 Å². The molecule has 1 atom stereocenters. The second-order valence-electron chi connectivity index (χ2n) is 4.22. The van der Waals surface area contributed by atoms with E-state index in [2.05, 4.69) is 53.3 Å². The van der Waals surface area contributed by atoms with Gasteiger partial charge in [0.2, 0.25) is 0 Å². The predicted octanol–water partition coefficient (Wildman–Crippen LogP) is 3.29. The van der Waals surface area contributed by atoms with Crippen molar-refractivity contribution in [2.75, 3.05) is 6.54 Å². The van der Waals surface area contributed by atoms with Crippen LogP contribution in [-0.4, -0.2) is 12.6 Å². The summed E-state index contributed by atoms with van der Waals surface area (Å²) in [5, 5.41) is 11.9. The van der Waals surface area contributed by atoms with Crippen molar-refractivity contribution < 1.29 is 0 Å². The lowest BCUT2D eigenvalue weighted by Crippen LogP contribution is -2.36. The number of nitrogens with one attached hydrogen (secondary N) is 1. The van der Waals surface area contributed by atoms with E-state index < -0.39 is 0 Å². The van der Waals surface area contributed by atoms with Crippen molar-refractivity contribution in [2.45, 2.75) is 32.2 Å². The van der Waals surface area contributed by atoms with Crippen molar-refractivity contribution in [2.24, 2.45) is 0 Å². The summed E-state index contributed by atoms with van der Waals surface area (Å²) >= 11 is 5.21. The maximum atomic E-state index is 8.69. The molecule has 1 aromatic heterocycles. The number of nitrogens with zero attached hydrogens (tertiary/aromatic N) is 1. The van der Waals surface area contributed by atoms with Crippen LogP contribution in [0.15, 0.2) is 15.9 Å². The molecule has 0 aliphatic heterocycles. The molecule has 0 radical (unpaired) electrons. The van der Waals surface area contributed by atoms with Crippen molar-refractivity contribution in [3.05, 3.63) is 20.8 Å².